The van der Waals surface area contributed by atoms with Gasteiger partial charge >= 0.3 is 0 Å². The Morgan fingerprint density at radius 1 is 1.29 bits per heavy atom. The van der Waals surface area contributed by atoms with E-state index in [9.17, 15) is 4.39 Å². The van der Waals surface area contributed by atoms with Crippen molar-refractivity contribution in [1.82, 2.24) is 5.32 Å². The van der Waals surface area contributed by atoms with Gasteiger partial charge in [-0.05, 0) is 36.0 Å². The molecule has 0 spiro atoms. The van der Waals surface area contributed by atoms with E-state index in [1.807, 2.05) is 19.1 Å². The van der Waals surface area contributed by atoms with Gasteiger partial charge in [-0.2, -0.15) is 0 Å². The van der Waals surface area contributed by atoms with Crippen LogP contribution in [0.1, 0.15) is 40.2 Å². The fourth-order valence-electron chi connectivity index (χ4n) is 3.07. The molecular weight excluding hydrogens is 263 g/mol. The molecule has 1 aliphatic heterocycles. The minimum atomic E-state index is -0.102. The van der Waals surface area contributed by atoms with Gasteiger partial charge in [-0.3, -0.25) is 0 Å². The summed E-state index contributed by atoms with van der Waals surface area (Å²) < 4.78 is 14.4. The molecule has 118 valence electrons. The van der Waals surface area contributed by atoms with Gasteiger partial charge in [-0.1, -0.05) is 40.7 Å². The largest absolute Gasteiger partial charge is 0.363 e. The van der Waals surface area contributed by atoms with E-state index in [4.69, 9.17) is 0 Å². The average Bonchev–Trinajstić information content (AvgIpc) is 2.37. The number of nitrogens with one attached hydrogen (secondary N) is 1. The van der Waals surface area contributed by atoms with Crippen LogP contribution in [0.4, 0.5) is 10.1 Å². The van der Waals surface area contributed by atoms with Crippen molar-refractivity contribution in [3.05, 3.63) is 29.6 Å². The lowest BCUT2D eigenvalue weighted by Crippen LogP contribution is -2.62. The molecule has 0 amide bonds. The molecular formula is C18H29FN2. The van der Waals surface area contributed by atoms with Crippen molar-refractivity contribution >= 4 is 5.69 Å². The van der Waals surface area contributed by atoms with Crippen molar-refractivity contribution in [3.8, 4) is 0 Å². The van der Waals surface area contributed by atoms with Crippen molar-refractivity contribution in [2.75, 3.05) is 18.0 Å². The second-order valence-electron chi connectivity index (χ2n) is 7.75. The molecule has 0 radical (unpaired) electrons. The quantitative estimate of drug-likeness (QED) is 0.887. The molecule has 1 fully saturated rings. The van der Waals surface area contributed by atoms with Gasteiger partial charge in [-0.15, -0.1) is 0 Å². The van der Waals surface area contributed by atoms with E-state index in [2.05, 4.69) is 44.8 Å². The highest BCUT2D eigenvalue weighted by atomic mass is 19.1. The summed E-state index contributed by atoms with van der Waals surface area (Å²) in [4.78, 5) is 2.27. The Kier molecular flexibility index (Phi) is 4.62. The lowest BCUT2D eigenvalue weighted by atomic mass is 9.83. The summed E-state index contributed by atoms with van der Waals surface area (Å²) >= 11 is 0. The van der Waals surface area contributed by atoms with Crippen molar-refractivity contribution in [2.45, 2.75) is 53.6 Å². The normalized spacial score (nSPS) is 23.7. The van der Waals surface area contributed by atoms with Crippen LogP contribution in [-0.4, -0.2) is 25.2 Å². The minimum absolute atomic E-state index is 0.102. The van der Waals surface area contributed by atoms with Crippen molar-refractivity contribution in [2.24, 2.45) is 11.3 Å². The highest BCUT2D eigenvalue weighted by molar-refractivity contribution is 5.51. The van der Waals surface area contributed by atoms with Crippen LogP contribution >= 0.6 is 0 Å². The molecule has 1 heterocycles. The maximum atomic E-state index is 14.4. The molecule has 1 aromatic rings. The Labute approximate surface area is 128 Å². The number of rotatable bonds is 2. The summed E-state index contributed by atoms with van der Waals surface area (Å²) in [6.07, 6.45) is 0. The number of anilines is 1. The van der Waals surface area contributed by atoms with Crippen LogP contribution in [0.5, 0.6) is 0 Å². The van der Waals surface area contributed by atoms with Crippen LogP contribution < -0.4 is 10.2 Å². The first-order valence-corrected chi connectivity index (χ1v) is 7.96. The summed E-state index contributed by atoms with van der Waals surface area (Å²) in [6, 6.07) is 6.28. The summed E-state index contributed by atoms with van der Waals surface area (Å²) in [5.41, 5.74) is 1.89. The smallest absolute Gasteiger partial charge is 0.146 e. The third-order valence-electron chi connectivity index (χ3n) is 4.58. The molecule has 0 aromatic heterocycles. The first-order chi connectivity index (χ1) is 9.70. The molecule has 21 heavy (non-hydrogen) atoms. The van der Waals surface area contributed by atoms with Gasteiger partial charge in [0.1, 0.15) is 5.82 Å². The summed E-state index contributed by atoms with van der Waals surface area (Å²) in [7, 11) is 0. The Hall–Kier alpha value is -1.09. The van der Waals surface area contributed by atoms with E-state index in [-0.39, 0.29) is 11.2 Å². The monoisotopic (exact) mass is 292 g/mol. The van der Waals surface area contributed by atoms with Crippen molar-refractivity contribution < 1.29 is 4.39 Å². The van der Waals surface area contributed by atoms with Crippen LogP contribution in [0, 0.1) is 24.1 Å². The zero-order chi connectivity index (χ0) is 15.8. The maximum absolute atomic E-state index is 14.4. The molecule has 0 saturated carbocycles. The fourth-order valence-corrected chi connectivity index (χ4v) is 3.07. The number of hydrogen-bond donors (Lipinski definition) is 1. The summed E-state index contributed by atoms with van der Waals surface area (Å²) in [6.45, 7) is 14.8. The minimum Gasteiger partial charge on any atom is -0.363 e. The number of nitrogens with zero attached hydrogens (tertiary/aromatic N) is 1. The van der Waals surface area contributed by atoms with E-state index < -0.39 is 0 Å². The third-order valence-corrected chi connectivity index (χ3v) is 4.58. The number of halogens is 1. The Bertz CT molecular complexity index is 490. The van der Waals surface area contributed by atoms with E-state index in [1.165, 1.54) is 0 Å². The van der Waals surface area contributed by atoms with Gasteiger partial charge in [0.2, 0.25) is 0 Å². The van der Waals surface area contributed by atoms with Crippen LogP contribution in [-0.2, 0) is 0 Å². The second-order valence-corrected chi connectivity index (χ2v) is 7.75. The maximum Gasteiger partial charge on any atom is 0.146 e. The van der Waals surface area contributed by atoms with Crippen LogP contribution in [0.2, 0.25) is 0 Å². The van der Waals surface area contributed by atoms with E-state index >= 15 is 0 Å². The number of piperazine rings is 1. The number of benzene rings is 1. The zero-order valence-corrected chi connectivity index (χ0v) is 14.2. The molecule has 1 saturated heterocycles. The fraction of sp³-hybridized carbons (Fsp3) is 0.667. The molecule has 2 atom stereocenters. The van der Waals surface area contributed by atoms with Gasteiger partial charge in [-0.25, -0.2) is 4.39 Å². The molecule has 2 nitrogen and oxygen atoms in total. The molecule has 1 aliphatic rings. The number of hydrogen-bond acceptors (Lipinski definition) is 2. The first kappa shape index (κ1) is 16.3. The predicted octanol–water partition coefficient (Wildman–Crippen LogP) is 3.98. The third kappa shape index (κ3) is 3.57. The zero-order valence-electron chi connectivity index (χ0n) is 14.2. The number of aryl methyl sites for hydroxylation is 1. The first-order valence-electron chi connectivity index (χ1n) is 7.96. The standard InChI is InChI=1S/C18H29FN2/c1-12(2)16-10-20-17(18(4,5)6)11-21(16)15-8-7-13(3)9-14(15)19/h7-9,12,16-17,20H,10-11H2,1-6H3. The molecule has 0 bridgehead atoms. The highest BCUT2D eigenvalue weighted by Crippen LogP contribution is 2.31. The van der Waals surface area contributed by atoms with Gasteiger partial charge in [0.25, 0.3) is 0 Å². The molecule has 2 unspecified atom stereocenters. The Morgan fingerprint density at radius 2 is 1.95 bits per heavy atom. The van der Waals surface area contributed by atoms with Gasteiger partial charge in [0, 0.05) is 25.2 Å². The average molecular weight is 292 g/mol. The van der Waals surface area contributed by atoms with Crippen molar-refractivity contribution in [3.63, 3.8) is 0 Å². The van der Waals surface area contributed by atoms with Gasteiger partial charge in [0.15, 0.2) is 0 Å². The summed E-state index contributed by atoms with van der Waals surface area (Å²) in [5, 5.41) is 3.66. The second kappa shape index (κ2) is 5.96. The van der Waals surface area contributed by atoms with E-state index in [1.54, 1.807) is 6.07 Å². The predicted molar refractivity (Wildman–Crippen MR) is 88.4 cm³/mol. The lowest BCUT2D eigenvalue weighted by Gasteiger charge is -2.47. The molecule has 1 N–H and O–H groups in total. The molecule has 3 heteroatoms. The van der Waals surface area contributed by atoms with E-state index in [0.29, 0.717) is 18.0 Å². The van der Waals surface area contributed by atoms with Gasteiger partial charge < -0.3 is 10.2 Å². The van der Waals surface area contributed by atoms with Crippen LogP contribution in [0.25, 0.3) is 0 Å². The van der Waals surface area contributed by atoms with Crippen LogP contribution in [0.15, 0.2) is 18.2 Å². The topological polar surface area (TPSA) is 15.3 Å². The summed E-state index contributed by atoms with van der Waals surface area (Å²) in [5.74, 6) is 0.384. The Balaban J connectivity index is 2.34. The van der Waals surface area contributed by atoms with Crippen molar-refractivity contribution in [1.29, 1.82) is 0 Å². The van der Waals surface area contributed by atoms with Gasteiger partial charge in [0.05, 0.1) is 5.69 Å². The van der Waals surface area contributed by atoms with E-state index in [0.717, 1.165) is 24.3 Å². The molecule has 2 rings (SSSR count). The van der Waals surface area contributed by atoms with Crippen LogP contribution in [0.3, 0.4) is 0 Å². The highest BCUT2D eigenvalue weighted by Gasteiger charge is 2.36. The molecule has 1 aromatic carbocycles. The Morgan fingerprint density at radius 3 is 2.48 bits per heavy atom. The lowest BCUT2D eigenvalue weighted by molar-refractivity contribution is 0.220. The molecule has 0 aliphatic carbocycles. The SMILES string of the molecule is Cc1ccc(N2CC(C(C)(C)C)NCC2C(C)C)c(F)c1.